The van der Waals surface area contributed by atoms with Crippen molar-refractivity contribution in [1.29, 1.82) is 0 Å². The van der Waals surface area contributed by atoms with E-state index in [1.165, 1.54) is 6.07 Å². The van der Waals surface area contributed by atoms with Crippen molar-refractivity contribution in [3.8, 4) is 0 Å². The summed E-state index contributed by atoms with van der Waals surface area (Å²) >= 11 is 0. The summed E-state index contributed by atoms with van der Waals surface area (Å²) in [7, 11) is 0. The van der Waals surface area contributed by atoms with E-state index in [1.807, 2.05) is 20.8 Å². The number of nitrogens with one attached hydrogen (secondary N) is 1. The topological polar surface area (TPSA) is 106 Å². The number of carboxylic acids is 1. The first kappa shape index (κ1) is 16.2. The molecule has 0 saturated carbocycles. The molecular formula is C14H22N2O4. The third-order valence-electron chi connectivity index (χ3n) is 2.70. The van der Waals surface area contributed by atoms with Crippen LogP contribution in [-0.2, 0) is 11.3 Å². The van der Waals surface area contributed by atoms with Crippen LogP contribution >= 0.6 is 0 Å². The molecule has 112 valence electrons. The van der Waals surface area contributed by atoms with Crippen LogP contribution in [0.15, 0.2) is 16.5 Å². The van der Waals surface area contributed by atoms with Crippen molar-refractivity contribution < 1.29 is 19.1 Å². The van der Waals surface area contributed by atoms with Crippen LogP contribution in [0.2, 0.25) is 0 Å². The van der Waals surface area contributed by atoms with E-state index in [2.05, 4.69) is 5.32 Å². The number of aliphatic carboxylic acids is 1. The molecule has 1 heterocycles. The zero-order chi connectivity index (χ0) is 15.3. The predicted molar refractivity (Wildman–Crippen MR) is 74.2 cm³/mol. The van der Waals surface area contributed by atoms with Crippen LogP contribution in [0.1, 0.15) is 49.9 Å². The van der Waals surface area contributed by atoms with E-state index in [9.17, 15) is 9.59 Å². The molecule has 0 saturated heterocycles. The minimum atomic E-state index is -0.943. The maximum absolute atomic E-state index is 12.0. The van der Waals surface area contributed by atoms with Gasteiger partial charge in [-0.15, -0.1) is 0 Å². The van der Waals surface area contributed by atoms with Crippen molar-refractivity contribution in [1.82, 2.24) is 5.32 Å². The third-order valence-corrected chi connectivity index (χ3v) is 2.70. The SMILES string of the molecule is CC(C)(C)CC(CC(=O)O)NC(=O)c1ccc(CN)o1. The average Bonchev–Trinajstić information content (AvgIpc) is 2.73. The Hall–Kier alpha value is -1.82. The lowest BCUT2D eigenvalue weighted by molar-refractivity contribution is -0.137. The van der Waals surface area contributed by atoms with Crippen molar-refractivity contribution in [2.45, 2.75) is 46.2 Å². The van der Waals surface area contributed by atoms with Gasteiger partial charge in [0.2, 0.25) is 0 Å². The normalized spacial score (nSPS) is 13.0. The number of hydrogen-bond donors (Lipinski definition) is 3. The maximum Gasteiger partial charge on any atom is 0.305 e. The molecule has 0 spiro atoms. The molecule has 0 fully saturated rings. The molecular weight excluding hydrogens is 260 g/mol. The average molecular weight is 282 g/mol. The zero-order valence-corrected chi connectivity index (χ0v) is 12.1. The second-order valence-electron chi connectivity index (χ2n) is 6.00. The number of rotatable bonds is 6. The van der Waals surface area contributed by atoms with Gasteiger partial charge in [-0.1, -0.05) is 20.8 Å². The summed E-state index contributed by atoms with van der Waals surface area (Å²) < 4.78 is 5.25. The third kappa shape index (κ3) is 5.44. The number of carbonyl (C=O) groups is 2. The fraction of sp³-hybridized carbons (Fsp3) is 0.571. The Morgan fingerprint density at radius 2 is 2.05 bits per heavy atom. The Balaban J connectivity index is 2.72. The van der Waals surface area contributed by atoms with Crippen LogP contribution in [0.25, 0.3) is 0 Å². The molecule has 20 heavy (non-hydrogen) atoms. The van der Waals surface area contributed by atoms with Gasteiger partial charge in [0.05, 0.1) is 13.0 Å². The number of nitrogens with two attached hydrogens (primary N) is 1. The number of furan rings is 1. The summed E-state index contributed by atoms with van der Waals surface area (Å²) in [6.45, 7) is 6.20. The van der Waals surface area contributed by atoms with Gasteiger partial charge < -0.3 is 20.6 Å². The summed E-state index contributed by atoms with van der Waals surface area (Å²) in [6.07, 6.45) is 0.447. The number of amides is 1. The van der Waals surface area contributed by atoms with Gasteiger partial charge in [-0.25, -0.2) is 0 Å². The molecule has 1 atom stereocenters. The number of carboxylic acid groups (broad SMARTS) is 1. The molecule has 6 heteroatoms. The van der Waals surface area contributed by atoms with Gasteiger partial charge in [0.25, 0.3) is 5.91 Å². The van der Waals surface area contributed by atoms with E-state index in [0.29, 0.717) is 12.2 Å². The predicted octanol–water partition coefficient (Wildman–Crippen LogP) is 1.75. The van der Waals surface area contributed by atoms with E-state index in [1.54, 1.807) is 6.07 Å². The first-order valence-corrected chi connectivity index (χ1v) is 6.52. The fourth-order valence-corrected chi connectivity index (χ4v) is 1.99. The largest absolute Gasteiger partial charge is 0.481 e. The molecule has 0 aliphatic rings. The smallest absolute Gasteiger partial charge is 0.305 e. The summed E-state index contributed by atoms with van der Waals surface area (Å²) in [5.74, 6) is -0.697. The fourth-order valence-electron chi connectivity index (χ4n) is 1.99. The molecule has 1 amide bonds. The van der Waals surface area contributed by atoms with E-state index in [4.69, 9.17) is 15.3 Å². The van der Waals surface area contributed by atoms with Crippen LogP contribution in [0.4, 0.5) is 0 Å². The second-order valence-corrected chi connectivity index (χ2v) is 6.00. The lowest BCUT2D eigenvalue weighted by Crippen LogP contribution is -2.38. The maximum atomic E-state index is 12.0. The van der Waals surface area contributed by atoms with Gasteiger partial charge in [0.1, 0.15) is 5.76 Å². The van der Waals surface area contributed by atoms with Crippen LogP contribution in [0, 0.1) is 5.41 Å². The lowest BCUT2D eigenvalue weighted by Gasteiger charge is -2.25. The van der Waals surface area contributed by atoms with Crippen molar-refractivity contribution in [3.63, 3.8) is 0 Å². The molecule has 0 bridgehead atoms. The van der Waals surface area contributed by atoms with Crippen molar-refractivity contribution in [2.24, 2.45) is 11.1 Å². The highest BCUT2D eigenvalue weighted by Gasteiger charge is 2.24. The van der Waals surface area contributed by atoms with Crippen LogP contribution < -0.4 is 11.1 Å². The van der Waals surface area contributed by atoms with Crippen LogP contribution in [0.3, 0.4) is 0 Å². The highest BCUT2D eigenvalue weighted by Crippen LogP contribution is 2.22. The summed E-state index contributed by atoms with van der Waals surface area (Å²) in [6, 6.07) is 2.73. The standard InChI is InChI=1S/C14H22N2O4/c1-14(2,3)7-9(6-12(17)18)16-13(19)11-5-4-10(8-15)20-11/h4-5,9H,6-8,15H2,1-3H3,(H,16,19)(H,17,18). The molecule has 1 aromatic rings. The molecule has 6 nitrogen and oxygen atoms in total. The van der Waals surface area contributed by atoms with Crippen LogP contribution in [-0.4, -0.2) is 23.0 Å². The molecule has 1 rings (SSSR count). The highest BCUT2D eigenvalue weighted by molar-refractivity contribution is 5.92. The Labute approximate surface area is 118 Å². The zero-order valence-electron chi connectivity index (χ0n) is 12.1. The first-order chi connectivity index (χ1) is 9.21. The van der Waals surface area contributed by atoms with E-state index < -0.39 is 17.9 Å². The molecule has 0 aliphatic heterocycles. The Morgan fingerprint density at radius 3 is 2.50 bits per heavy atom. The van der Waals surface area contributed by atoms with Gasteiger partial charge in [-0.3, -0.25) is 9.59 Å². The Morgan fingerprint density at radius 1 is 1.40 bits per heavy atom. The molecule has 0 aromatic carbocycles. The monoisotopic (exact) mass is 282 g/mol. The minimum absolute atomic E-state index is 0.0843. The number of carbonyl (C=O) groups excluding carboxylic acids is 1. The summed E-state index contributed by atoms with van der Waals surface area (Å²) in [5, 5.41) is 11.6. The Bertz CT molecular complexity index is 474. The second kappa shape index (κ2) is 6.56. The van der Waals surface area contributed by atoms with E-state index >= 15 is 0 Å². The van der Waals surface area contributed by atoms with E-state index in [-0.39, 0.29) is 24.1 Å². The van der Waals surface area contributed by atoms with Gasteiger partial charge >= 0.3 is 5.97 Å². The molecule has 4 N–H and O–H groups in total. The van der Waals surface area contributed by atoms with Gasteiger partial charge in [0, 0.05) is 6.04 Å². The van der Waals surface area contributed by atoms with Crippen molar-refractivity contribution in [3.05, 3.63) is 23.7 Å². The lowest BCUT2D eigenvalue weighted by atomic mass is 9.87. The molecule has 0 radical (unpaired) electrons. The van der Waals surface area contributed by atoms with Gasteiger partial charge in [-0.2, -0.15) is 0 Å². The summed E-state index contributed by atoms with van der Waals surface area (Å²) in [4.78, 5) is 22.9. The summed E-state index contributed by atoms with van der Waals surface area (Å²) in [5.41, 5.74) is 5.33. The van der Waals surface area contributed by atoms with Crippen molar-refractivity contribution >= 4 is 11.9 Å². The quantitative estimate of drug-likeness (QED) is 0.737. The molecule has 0 aliphatic carbocycles. The van der Waals surface area contributed by atoms with Crippen LogP contribution in [0.5, 0.6) is 0 Å². The molecule has 1 unspecified atom stereocenters. The minimum Gasteiger partial charge on any atom is -0.481 e. The van der Waals surface area contributed by atoms with Gasteiger partial charge in [0.15, 0.2) is 5.76 Å². The Kier molecular flexibility index (Phi) is 5.33. The first-order valence-electron chi connectivity index (χ1n) is 6.52. The van der Waals surface area contributed by atoms with Crippen molar-refractivity contribution in [2.75, 3.05) is 0 Å². The highest BCUT2D eigenvalue weighted by atomic mass is 16.4. The molecule has 1 aromatic heterocycles. The van der Waals surface area contributed by atoms with Gasteiger partial charge in [-0.05, 0) is 24.0 Å². The number of hydrogen-bond acceptors (Lipinski definition) is 4. The van der Waals surface area contributed by atoms with E-state index in [0.717, 1.165) is 0 Å².